The van der Waals surface area contributed by atoms with Gasteiger partial charge in [-0.3, -0.25) is 9.59 Å². The summed E-state index contributed by atoms with van der Waals surface area (Å²) in [5, 5.41) is 10.8. The highest BCUT2D eigenvalue weighted by Gasteiger charge is 2.26. The smallest absolute Gasteiger partial charge is 0.305 e. The molecule has 182 valence electrons. The number of carbonyl (C=O) groups is 2. The summed E-state index contributed by atoms with van der Waals surface area (Å²) in [6, 6.07) is 4.15. The minimum Gasteiger partial charge on any atom is -0.507 e. The molecule has 4 nitrogen and oxygen atoms in total. The summed E-state index contributed by atoms with van der Waals surface area (Å²) in [5.74, 6) is 0.595. The molecule has 1 aromatic carbocycles. The van der Waals surface area contributed by atoms with E-state index in [1.165, 1.54) is 0 Å². The predicted octanol–water partition coefficient (Wildman–Crippen LogP) is 7.17. The van der Waals surface area contributed by atoms with E-state index in [2.05, 4.69) is 53.7 Å². The highest BCUT2D eigenvalue weighted by molar-refractivity contribution is 5.78. The topological polar surface area (TPSA) is 63.6 Å². The van der Waals surface area contributed by atoms with Gasteiger partial charge in [0.1, 0.15) is 11.5 Å². The molecule has 1 aromatic rings. The Kier molecular flexibility index (Phi) is 11.5. The molecular formula is C28H46O4. The molecule has 32 heavy (non-hydrogen) atoms. The van der Waals surface area contributed by atoms with Crippen LogP contribution in [0.15, 0.2) is 12.1 Å². The third kappa shape index (κ3) is 10.2. The zero-order valence-corrected chi connectivity index (χ0v) is 21.6. The van der Waals surface area contributed by atoms with Crippen molar-refractivity contribution in [1.29, 1.82) is 0 Å². The molecule has 0 fully saturated rings. The molecule has 0 saturated heterocycles. The summed E-state index contributed by atoms with van der Waals surface area (Å²) in [4.78, 5) is 23.7. The first-order valence-electron chi connectivity index (χ1n) is 12.4. The molecule has 0 bridgehead atoms. The maximum atomic E-state index is 12.4. The van der Waals surface area contributed by atoms with E-state index in [0.717, 1.165) is 55.2 Å². The number of phenols is 1. The van der Waals surface area contributed by atoms with Crippen LogP contribution < -0.4 is 0 Å². The van der Waals surface area contributed by atoms with Crippen LogP contribution in [0.3, 0.4) is 0 Å². The van der Waals surface area contributed by atoms with Crippen molar-refractivity contribution in [2.75, 3.05) is 6.61 Å². The number of ether oxygens (including phenoxy) is 1. The average Bonchev–Trinajstić information content (AvgIpc) is 2.67. The fourth-order valence-electron chi connectivity index (χ4n) is 3.81. The van der Waals surface area contributed by atoms with Crippen LogP contribution in [0.4, 0.5) is 0 Å². The maximum absolute atomic E-state index is 12.4. The molecule has 0 radical (unpaired) electrons. The van der Waals surface area contributed by atoms with Gasteiger partial charge in [0, 0.05) is 19.3 Å². The summed E-state index contributed by atoms with van der Waals surface area (Å²) in [6.45, 7) is 15.1. The fraction of sp³-hybridized carbons (Fsp3) is 0.714. The average molecular weight is 447 g/mol. The van der Waals surface area contributed by atoms with Crippen molar-refractivity contribution in [3.8, 4) is 5.75 Å². The minimum absolute atomic E-state index is 0.101. The number of unbranched alkanes of at least 4 members (excludes halogenated alkanes) is 4. The van der Waals surface area contributed by atoms with Crippen LogP contribution in [0.5, 0.6) is 5.75 Å². The summed E-state index contributed by atoms with van der Waals surface area (Å²) in [6.07, 6.45) is 8.18. The van der Waals surface area contributed by atoms with Crippen molar-refractivity contribution in [3.63, 3.8) is 0 Å². The number of benzene rings is 1. The van der Waals surface area contributed by atoms with Gasteiger partial charge in [0.05, 0.1) is 6.61 Å². The van der Waals surface area contributed by atoms with Crippen molar-refractivity contribution in [2.24, 2.45) is 0 Å². The maximum Gasteiger partial charge on any atom is 0.305 e. The van der Waals surface area contributed by atoms with E-state index >= 15 is 0 Å². The number of hydrogen-bond acceptors (Lipinski definition) is 4. The van der Waals surface area contributed by atoms with Crippen LogP contribution in [0.25, 0.3) is 0 Å². The van der Waals surface area contributed by atoms with Crippen molar-refractivity contribution < 1.29 is 19.4 Å². The Labute approximate surface area is 196 Å². The van der Waals surface area contributed by atoms with E-state index in [4.69, 9.17) is 4.74 Å². The monoisotopic (exact) mass is 446 g/mol. The molecule has 0 aliphatic carbocycles. The Balaban J connectivity index is 2.44. The molecule has 1 rings (SSSR count). The third-order valence-corrected chi connectivity index (χ3v) is 5.80. The third-order valence-electron chi connectivity index (χ3n) is 5.80. The van der Waals surface area contributed by atoms with E-state index in [1.54, 1.807) is 0 Å². The van der Waals surface area contributed by atoms with Crippen LogP contribution >= 0.6 is 0 Å². The highest BCUT2D eigenvalue weighted by atomic mass is 16.5. The number of aryl methyl sites for hydroxylation is 1. The predicted molar refractivity (Wildman–Crippen MR) is 132 cm³/mol. The van der Waals surface area contributed by atoms with Crippen molar-refractivity contribution in [3.05, 3.63) is 28.8 Å². The van der Waals surface area contributed by atoms with Crippen LogP contribution in [0.2, 0.25) is 0 Å². The normalized spacial score (nSPS) is 12.1. The number of phenolic OH excluding ortho intramolecular Hbond substituents is 1. The van der Waals surface area contributed by atoms with Gasteiger partial charge < -0.3 is 9.84 Å². The van der Waals surface area contributed by atoms with Gasteiger partial charge >= 0.3 is 5.97 Å². The van der Waals surface area contributed by atoms with E-state index < -0.39 is 0 Å². The second-order valence-electron chi connectivity index (χ2n) is 11.1. The van der Waals surface area contributed by atoms with E-state index in [-0.39, 0.29) is 16.8 Å². The lowest BCUT2D eigenvalue weighted by atomic mass is 9.78. The van der Waals surface area contributed by atoms with E-state index in [9.17, 15) is 14.7 Å². The van der Waals surface area contributed by atoms with Gasteiger partial charge in [-0.05, 0) is 53.2 Å². The van der Waals surface area contributed by atoms with Crippen LogP contribution in [-0.2, 0) is 31.6 Å². The number of esters is 1. The van der Waals surface area contributed by atoms with Gasteiger partial charge in [-0.25, -0.2) is 0 Å². The molecule has 0 aromatic heterocycles. The van der Waals surface area contributed by atoms with Gasteiger partial charge in [0.25, 0.3) is 0 Å². The Morgan fingerprint density at radius 3 is 1.88 bits per heavy atom. The second kappa shape index (κ2) is 13.0. The molecule has 0 heterocycles. The van der Waals surface area contributed by atoms with Gasteiger partial charge in [-0.2, -0.15) is 0 Å². The summed E-state index contributed by atoms with van der Waals surface area (Å²) in [7, 11) is 0. The molecule has 0 aliphatic heterocycles. The number of ketones is 1. The number of aromatic hydroxyl groups is 1. The lowest BCUT2D eigenvalue weighted by Crippen LogP contribution is -2.18. The molecular weight excluding hydrogens is 400 g/mol. The summed E-state index contributed by atoms with van der Waals surface area (Å²) >= 11 is 0. The molecule has 0 spiro atoms. The molecule has 0 aliphatic rings. The van der Waals surface area contributed by atoms with Crippen molar-refractivity contribution in [2.45, 2.75) is 124 Å². The summed E-state index contributed by atoms with van der Waals surface area (Å²) in [5.41, 5.74) is 2.72. The first-order valence-corrected chi connectivity index (χ1v) is 12.4. The minimum atomic E-state index is -0.154. The number of hydrogen-bond donors (Lipinski definition) is 1. The quantitative estimate of drug-likeness (QED) is 0.258. The summed E-state index contributed by atoms with van der Waals surface area (Å²) < 4.78 is 5.16. The Morgan fingerprint density at radius 1 is 0.812 bits per heavy atom. The van der Waals surface area contributed by atoms with Gasteiger partial charge in [0.15, 0.2) is 0 Å². The van der Waals surface area contributed by atoms with Crippen molar-refractivity contribution in [1.82, 2.24) is 0 Å². The number of Topliss-reactive ketones (excluding diaryl/α,β-unsaturated/α-hetero) is 1. The Morgan fingerprint density at radius 2 is 1.34 bits per heavy atom. The molecule has 0 saturated carbocycles. The molecule has 0 atom stereocenters. The first-order chi connectivity index (χ1) is 14.9. The zero-order valence-electron chi connectivity index (χ0n) is 21.6. The van der Waals surface area contributed by atoms with Crippen LogP contribution in [0.1, 0.15) is 123 Å². The molecule has 1 N–H and O–H groups in total. The van der Waals surface area contributed by atoms with Crippen molar-refractivity contribution >= 4 is 11.8 Å². The van der Waals surface area contributed by atoms with Gasteiger partial charge in [-0.1, -0.05) is 79.9 Å². The molecule has 4 heteroatoms. The zero-order chi connectivity index (χ0) is 24.4. The SMILES string of the molecule is CCCC(=O)OCCCCCCCC(=O)CCc1cc(C(C)(C)C)c(O)c(C(C)(C)C)c1. The second-order valence-corrected chi connectivity index (χ2v) is 11.1. The first kappa shape index (κ1) is 28.2. The Hall–Kier alpha value is -1.84. The highest BCUT2D eigenvalue weighted by Crippen LogP contribution is 2.40. The Bertz CT molecular complexity index is 700. The van der Waals surface area contributed by atoms with Gasteiger partial charge in [0.2, 0.25) is 0 Å². The largest absolute Gasteiger partial charge is 0.507 e. The van der Waals surface area contributed by atoms with E-state index in [0.29, 0.717) is 43.8 Å². The lowest BCUT2D eigenvalue weighted by Gasteiger charge is -2.28. The molecule has 0 unspecified atom stereocenters. The number of rotatable bonds is 13. The fourth-order valence-corrected chi connectivity index (χ4v) is 3.81. The standard InChI is InChI=1S/C28H46O4/c1-8-14-25(30)32-18-13-11-9-10-12-15-22(29)17-16-21-19-23(27(2,3)4)26(31)24(20-21)28(5,6)7/h19-20,31H,8-18H2,1-7H3. The van der Waals surface area contributed by atoms with Crippen LogP contribution in [-0.4, -0.2) is 23.5 Å². The van der Waals surface area contributed by atoms with Gasteiger partial charge in [-0.15, -0.1) is 0 Å². The molecule has 0 amide bonds. The number of carbonyl (C=O) groups excluding carboxylic acids is 2. The lowest BCUT2D eigenvalue weighted by molar-refractivity contribution is -0.143. The van der Waals surface area contributed by atoms with Crippen LogP contribution in [0, 0.1) is 0 Å². The van der Waals surface area contributed by atoms with E-state index in [1.807, 2.05) is 6.92 Å².